The van der Waals surface area contributed by atoms with Crippen molar-refractivity contribution >= 4 is 29.0 Å². The van der Waals surface area contributed by atoms with Crippen molar-refractivity contribution in [3.8, 4) is 0 Å². The number of carbonyl (C=O) groups is 1. The highest BCUT2D eigenvalue weighted by molar-refractivity contribution is 8.00. The first-order valence-electron chi connectivity index (χ1n) is 7.86. The van der Waals surface area contributed by atoms with E-state index in [0.29, 0.717) is 0 Å². The molecule has 6 nitrogen and oxygen atoms in total. The van der Waals surface area contributed by atoms with E-state index in [1.54, 1.807) is 0 Å². The van der Waals surface area contributed by atoms with Crippen molar-refractivity contribution in [2.24, 2.45) is 0 Å². The molecule has 0 saturated carbocycles. The maximum absolute atomic E-state index is 12.7. The van der Waals surface area contributed by atoms with E-state index in [9.17, 15) is 4.79 Å². The maximum atomic E-state index is 12.7. The fourth-order valence-electron chi connectivity index (χ4n) is 3.03. The Morgan fingerprint density at radius 2 is 1.96 bits per heavy atom. The Labute approximate surface area is 143 Å². The summed E-state index contributed by atoms with van der Waals surface area (Å²) < 4.78 is 1.91. The Kier molecular flexibility index (Phi) is 3.72. The molecule has 0 spiro atoms. The highest BCUT2D eigenvalue weighted by Gasteiger charge is 2.34. The van der Waals surface area contributed by atoms with Crippen molar-refractivity contribution in [2.75, 3.05) is 11.4 Å². The van der Waals surface area contributed by atoms with Crippen molar-refractivity contribution in [3.05, 3.63) is 47.9 Å². The molecule has 0 aliphatic carbocycles. The van der Waals surface area contributed by atoms with Crippen molar-refractivity contribution < 1.29 is 4.79 Å². The van der Waals surface area contributed by atoms with E-state index in [2.05, 4.69) is 15.2 Å². The third-order valence-electron chi connectivity index (χ3n) is 4.13. The van der Waals surface area contributed by atoms with Crippen LogP contribution in [-0.4, -0.2) is 37.3 Å². The average molecular weight is 339 g/mol. The molecule has 0 radical (unpaired) electrons. The summed E-state index contributed by atoms with van der Waals surface area (Å²) in [6, 6.07) is 11.7. The molecule has 24 heavy (non-hydrogen) atoms. The van der Waals surface area contributed by atoms with Crippen molar-refractivity contribution in [1.29, 1.82) is 0 Å². The van der Waals surface area contributed by atoms with Gasteiger partial charge in [0, 0.05) is 24.0 Å². The molecule has 1 fully saturated rings. The molecule has 1 atom stereocenters. The van der Waals surface area contributed by atoms with Gasteiger partial charge in [0.25, 0.3) is 0 Å². The van der Waals surface area contributed by atoms with Crippen molar-refractivity contribution in [3.63, 3.8) is 0 Å². The number of thioether (sulfide) groups is 1. The van der Waals surface area contributed by atoms with Gasteiger partial charge in [-0.25, -0.2) is 4.98 Å². The van der Waals surface area contributed by atoms with Crippen LogP contribution in [0.15, 0.2) is 41.6 Å². The van der Waals surface area contributed by atoms with Crippen LogP contribution in [0.3, 0.4) is 0 Å². The first-order chi connectivity index (χ1) is 11.6. The maximum Gasteiger partial charge on any atom is 0.240 e. The Hall–Kier alpha value is -2.41. The first-order valence-corrected chi connectivity index (χ1v) is 8.74. The highest BCUT2D eigenvalue weighted by Crippen LogP contribution is 2.32. The van der Waals surface area contributed by atoms with Gasteiger partial charge in [0.2, 0.25) is 5.91 Å². The van der Waals surface area contributed by atoms with E-state index in [0.717, 1.165) is 41.0 Å². The first kappa shape index (κ1) is 15.1. The average Bonchev–Trinajstić information content (AvgIpc) is 3.13. The molecular formula is C17H17N5OS. The fraction of sp³-hybridized carbons (Fsp3) is 0.294. The van der Waals surface area contributed by atoms with E-state index in [1.807, 2.05) is 59.5 Å². The zero-order valence-electron chi connectivity index (χ0n) is 13.5. The summed E-state index contributed by atoms with van der Waals surface area (Å²) in [7, 11) is 0. The molecule has 1 aliphatic heterocycles. The lowest BCUT2D eigenvalue weighted by molar-refractivity contribution is -0.116. The van der Waals surface area contributed by atoms with Crippen LogP contribution in [0.2, 0.25) is 0 Å². The summed E-state index contributed by atoms with van der Waals surface area (Å²) in [5.41, 5.74) is 2.63. The van der Waals surface area contributed by atoms with E-state index in [1.165, 1.54) is 11.8 Å². The number of amides is 1. The normalized spacial score (nSPS) is 17.8. The molecule has 3 heterocycles. The lowest BCUT2D eigenvalue weighted by Crippen LogP contribution is -2.28. The molecule has 7 heteroatoms. The number of benzene rings is 1. The summed E-state index contributed by atoms with van der Waals surface area (Å²) in [6.07, 6.45) is 0.797. The van der Waals surface area contributed by atoms with Crippen LogP contribution in [0.4, 0.5) is 5.69 Å². The SMILES string of the molecule is Cc1cc2nnc(S[C@H]3CCN(c4ccccc4)C3=O)n2c(C)n1. The standard InChI is InChI=1S/C17H17N5OS/c1-11-10-15-19-20-17(22(15)12(2)18-11)24-14-8-9-21(16(14)23)13-6-4-3-5-7-13/h3-7,10,14H,8-9H2,1-2H3/t14-/m0/s1. The van der Waals surface area contributed by atoms with Gasteiger partial charge in [-0.3, -0.25) is 9.20 Å². The zero-order valence-corrected chi connectivity index (χ0v) is 14.3. The number of carbonyl (C=O) groups excluding carboxylic acids is 1. The fourth-order valence-corrected chi connectivity index (χ4v) is 4.16. The van der Waals surface area contributed by atoms with Crippen LogP contribution in [-0.2, 0) is 4.79 Å². The Balaban J connectivity index is 1.60. The van der Waals surface area contributed by atoms with E-state index >= 15 is 0 Å². The van der Waals surface area contributed by atoms with Gasteiger partial charge < -0.3 is 4.90 Å². The topological polar surface area (TPSA) is 63.4 Å². The van der Waals surface area contributed by atoms with E-state index in [4.69, 9.17) is 0 Å². The van der Waals surface area contributed by atoms with Crippen LogP contribution in [0, 0.1) is 13.8 Å². The number of fused-ring (bicyclic) bond motifs is 1. The number of hydrogen-bond donors (Lipinski definition) is 0. The van der Waals surface area contributed by atoms with Gasteiger partial charge in [0.15, 0.2) is 10.8 Å². The summed E-state index contributed by atoms with van der Waals surface area (Å²) in [5.74, 6) is 0.962. The second-order valence-corrected chi connectivity index (χ2v) is 7.01. The van der Waals surface area contributed by atoms with Gasteiger partial charge in [-0.05, 0) is 32.4 Å². The number of rotatable bonds is 3. The summed E-state index contributed by atoms with van der Waals surface area (Å²) in [5, 5.41) is 9.05. The molecule has 1 amide bonds. The van der Waals surface area contributed by atoms with Gasteiger partial charge in [-0.15, -0.1) is 10.2 Å². The Bertz CT molecular complexity index is 908. The summed E-state index contributed by atoms with van der Waals surface area (Å²) in [4.78, 5) is 19.0. The van der Waals surface area contributed by atoms with Crippen LogP contribution >= 0.6 is 11.8 Å². The molecule has 3 aromatic rings. The number of aryl methyl sites for hydroxylation is 2. The van der Waals surface area contributed by atoms with E-state index < -0.39 is 0 Å². The van der Waals surface area contributed by atoms with Crippen molar-refractivity contribution in [1.82, 2.24) is 19.6 Å². The van der Waals surface area contributed by atoms with Crippen molar-refractivity contribution in [2.45, 2.75) is 30.7 Å². The lowest BCUT2D eigenvalue weighted by atomic mass is 10.3. The third-order valence-corrected chi connectivity index (χ3v) is 5.33. The van der Waals surface area contributed by atoms with Crippen LogP contribution in [0.5, 0.6) is 0 Å². The summed E-state index contributed by atoms with van der Waals surface area (Å²) in [6.45, 7) is 4.60. The van der Waals surface area contributed by atoms with Gasteiger partial charge in [-0.2, -0.15) is 0 Å². The van der Waals surface area contributed by atoms with Gasteiger partial charge >= 0.3 is 0 Å². The lowest BCUT2D eigenvalue weighted by Gasteiger charge is -2.16. The van der Waals surface area contributed by atoms with E-state index in [-0.39, 0.29) is 11.2 Å². The molecule has 122 valence electrons. The van der Waals surface area contributed by atoms with Crippen LogP contribution < -0.4 is 4.90 Å². The predicted molar refractivity (Wildman–Crippen MR) is 93.3 cm³/mol. The molecule has 2 aromatic heterocycles. The molecular weight excluding hydrogens is 322 g/mol. The molecule has 0 bridgehead atoms. The molecule has 0 N–H and O–H groups in total. The molecule has 1 saturated heterocycles. The molecule has 1 aliphatic rings. The smallest absolute Gasteiger partial charge is 0.240 e. The monoisotopic (exact) mass is 339 g/mol. The van der Waals surface area contributed by atoms with Gasteiger partial charge in [-0.1, -0.05) is 30.0 Å². The minimum Gasteiger partial charge on any atom is -0.311 e. The second-order valence-electron chi connectivity index (χ2n) is 5.84. The number of hydrogen-bond acceptors (Lipinski definition) is 5. The number of nitrogens with zero attached hydrogens (tertiary/aromatic N) is 5. The third kappa shape index (κ3) is 2.54. The molecule has 0 unspecified atom stereocenters. The number of aromatic nitrogens is 4. The molecule has 1 aromatic carbocycles. The second kappa shape index (κ2) is 5.90. The van der Waals surface area contributed by atoms with Gasteiger partial charge in [0.05, 0.1) is 5.25 Å². The Morgan fingerprint density at radius 1 is 1.17 bits per heavy atom. The minimum atomic E-state index is -0.140. The number of para-hydroxylation sites is 1. The minimum absolute atomic E-state index is 0.126. The summed E-state index contributed by atoms with van der Waals surface area (Å²) >= 11 is 1.47. The highest BCUT2D eigenvalue weighted by atomic mass is 32.2. The predicted octanol–water partition coefficient (Wildman–Crippen LogP) is 2.64. The molecule has 4 rings (SSSR count). The quantitative estimate of drug-likeness (QED) is 0.734. The Morgan fingerprint density at radius 3 is 2.75 bits per heavy atom. The van der Waals surface area contributed by atoms with Crippen LogP contribution in [0.1, 0.15) is 17.9 Å². The van der Waals surface area contributed by atoms with Gasteiger partial charge in [0.1, 0.15) is 5.82 Å². The van der Waals surface area contributed by atoms with Crippen LogP contribution in [0.25, 0.3) is 5.65 Å². The zero-order chi connectivity index (χ0) is 16.7. The number of anilines is 1. The largest absolute Gasteiger partial charge is 0.311 e.